The minimum atomic E-state index is -0.197. The quantitative estimate of drug-likeness (QED) is 0.542. The molecule has 9 heavy (non-hydrogen) atoms. The van der Waals surface area contributed by atoms with Gasteiger partial charge in [-0.25, -0.2) is 0 Å². The molecule has 0 saturated heterocycles. The van der Waals surface area contributed by atoms with Crippen LogP contribution in [0.25, 0.3) is 0 Å². The number of rotatable bonds is 2. The zero-order valence-electron chi connectivity index (χ0n) is 5.55. The molecule has 1 amide bonds. The Balaban J connectivity index is 2.57. The van der Waals surface area contributed by atoms with Gasteiger partial charge >= 0.3 is 0 Å². The van der Waals surface area contributed by atoms with Gasteiger partial charge in [0.2, 0.25) is 5.91 Å². The molecule has 1 saturated carbocycles. The summed E-state index contributed by atoms with van der Waals surface area (Å²) in [6.45, 7) is 5.61. The van der Waals surface area contributed by atoms with E-state index in [4.69, 9.17) is 5.73 Å². The Morgan fingerprint density at radius 2 is 2.56 bits per heavy atom. The third-order valence-corrected chi connectivity index (χ3v) is 2.09. The van der Waals surface area contributed by atoms with E-state index in [2.05, 4.69) is 6.58 Å². The monoisotopic (exact) mass is 125 g/mol. The lowest BCUT2D eigenvalue weighted by Gasteiger charge is -1.98. The van der Waals surface area contributed by atoms with E-state index in [1.54, 1.807) is 0 Å². The summed E-state index contributed by atoms with van der Waals surface area (Å²) in [7, 11) is 0. The topological polar surface area (TPSA) is 43.1 Å². The molecule has 2 heteroatoms. The highest BCUT2D eigenvalue weighted by Crippen LogP contribution is 2.52. The molecular formula is C7H11NO. The summed E-state index contributed by atoms with van der Waals surface area (Å²) >= 11 is 0. The first kappa shape index (κ1) is 6.33. The number of hydrogen-bond acceptors (Lipinski definition) is 1. The zero-order valence-corrected chi connectivity index (χ0v) is 5.55. The van der Waals surface area contributed by atoms with Crippen molar-refractivity contribution in [3.05, 3.63) is 12.7 Å². The van der Waals surface area contributed by atoms with E-state index >= 15 is 0 Å². The van der Waals surface area contributed by atoms with Crippen molar-refractivity contribution < 1.29 is 4.79 Å². The predicted octanol–water partition coefficient (Wildman–Crippen LogP) is 0.684. The van der Waals surface area contributed by atoms with E-state index in [1.807, 2.05) is 13.0 Å². The van der Waals surface area contributed by atoms with Crippen molar-refractivity contribution in [1.82, 2.24) is 0 Å². The summed E-state index contributed by atoms with van der Waals surface area (Å²) in [5.74, 6) is -0.146. The fourth-order valence-electron chi connectivity index (χ4n) is 1.03. The maximum Gasteiger partial charge on any atom is 0.221 e. The third kappa shape index (κ3) is 0.846. The SMILES string of the molecule is C=CC1(C)CC1C(N)=O. The van der Waals surface area contributed by atoms with Crippen LogP contribution >= 0.6 is 0 Å². The van der Waals surface area contributed by atoms with Gasteiger partial charge in [0.05, 0.1) is 0 Å². The molecule has 0 aromatic carbocycles. The Morgan fingerprint density at radius 3 is 2.67 bits per heavy atom. The van der Waals surface area contributed by atoms with Crippen molar-refractivity contribution >= 4 is 5.91 Å². The van der Waals surface area contributed by atoms with E-state index < -0.39 is 0 Å². The lowest BCUT2D eigenvalue weighted by molar-refractivity contribution is -0.119. The molecule has 2 unspecified atom stereocenters. The van der Waals surface area contributed by atoms with Gasteiger partial charge in [0.1, 0.15) is 0 Å². The Hall–Kier alpha value is -0.790. The highest BCUT2D eigenvalue weighted by Gasteiger charge is 2.51. The molecule has 1 aliphatic rings. The molecule has 2 nitrogen and oxygen atoms in total. The molecule has 0 radical (unpaired) electrons. The van der Waals surface area contributed by atoms with Gasteiger partial charge in [-0.1, -0.05) is 13.0 Å². The average molecular weight is 125 g/mol. The predicted molar refractivity (Wildman–Crippen MR) is 35.6 cm³/mol. The van der Waals surface area contributed by atoms with Gasteiger partial charge in [-0.15, -0.1) is 6.58 Å². The number of nitrogens with two attached hydrogens (primary N) is 1. The Morgan fingerprint density at radius 1 is 2.00 bits per heavy atom. The van der Waals surface area contributed by atoms with Gasteiger partial charge in [-0.3, -0.25) is 4.79 Å². The second-order valence-corrected chi connectivity index (χ2v) is 2.87. The maximum absolute atomic E-state index is 10.5. The summed E-state index contributed by atoms with van der Waals surface area (Å²) in [6.07, 6.45) is 2.69. The molecular weight excluding hydrogens is 114 g/mol. The van der Waals surface area contributed by atoms with Crippen LogP contribution in [0.2, 0.25) is 0 Å². The van der Waals surface area contributed by atoms with E-state index in [1.165, 1.54) is 0 Å². The molecule has 0 aliphatic heterocycles. The van der Waals surface area contributed by atoms with E-state index in [0.29, 0.717) is 0 Å². The van der Waals surface area contributed by atoms with Crippen molar-refractivity contribution in [2.45, 2.75) is 13.3 Å². The molecule has 2 atom stereocenters. The van der Waals surface area contributed by atoms with E-state index in [9.17, 15) is 4.79 Å². The lowest BCUT2D eigenvalue weighted by Crippen LogP contribution is -2.16. The smallest absolute Gasteiger partial charge is 0.221 e. The van der Waals surface area contributed by atoms with Crippen LogP contribution in [0.4, 0.5) is 0 Å². The first-order valence-electron chi connectivity index (χ1n) is 3.03. The van der Waals surface area contributed by atoms with Crippen molar-refractivity contribution in [1.29, 1.82) is 0 Å². The van der Waals surface area contributed by atoms with Crippen molar-refractivity contribution in [3.63, 3.8) is 0 Å². The van der Waals surface area contributed by atoms with Crippen molar-refractivity contribution in [2.75, 3.05) is 0 Å². The third-order valence-electron chi connectivity index (χ3n) is 2.09. The van der Waals surface area contributed by atoms with Gasteiger partial charge in [0, 0.05) is 5.92 Å². The van der Waals surface area contributed by atoms with Gasteiger partial charge in [-0.2, -0.15) is 0 Å². The molecule has 1 fully saturated rings. The molecule has 1 rings (SSSR count). The van der Waals surface area contributed by atoms with Gasteiger partial charge in [-0.05, 0) is 11.8 Å². The highest BCUT2D eigenvalue weighted by atomic mass is 16.1. The Bertz CT molecular complexity index is 164. The van der Waals surface area contributed by atoms with Gasteiger partial charge in [0.15, 0.2) is 0 Å². The minimum Gasteiger partial charge on any atom is -0.369 e. The maximum atomic E-state index is 10.5. The van der Waals surface area contributed by atoms with Gasteiger partial charge in [0.25, 0.3) is 0 Å². The summed E-state index contributed by atoms with van der Waals surface area (Å²) in [4.78, 5) is 10.5. The van der Waals surface area contributed by atoms with Crippen LogP contribution in [0.15, 0.2) is 12.7 Å². The summed E-state index contributed by atoms with van der Waals surface area (Å²) in [5, 5.41) is 0. The normalized spacial score (nSPS) is 39.9. The molecule has 50 valence electrons. The molecule has 1 aliphatic carbocycles. The molecule has 0 bridgehead atoms. The first-order valence-corrected chi connectivity index (χ1v) is 3.03. The molecule has 0 aromatic rings. The van der Waals surface area contributed by atoms with Crippen LogP contribution in [0.3, 0.4) is 0 Å². The largest absolute Gasteiger partial charge is 0.369 e. The Kier molecular flexibility index (Phi) is 1.12. The number of carbonyl (C=O) groups is 1. The van der Waals surface area contributed by atoms with Crippen LogP contribution in [0, 0.1) is 11.3 Å². The van der Waals surface area contributed by atoms with Crippen molar-refractivity contribution in [3.8, 4) is 0 Å². The number of allylic oxidation sites excluding steroid dienone is 1. The number of amides is 1. The van der Waals surface area contributed by atoms with Crippen LogP contribution in [-0.2, 0) is 4.79 Å². The fourth-order valence-corrected chi connectivity index (χ4v) is 1.03. The number of primary amides is 1. The van der Waals surface area contributed by atoms with Crippen LogP contribution in [0.5, 0.6) is 0 Å². The summed E-state index contributed by atoms with van der Waals surface area (Å²) < 4.78 is 0. The second kappa shape index (κ2) is 1.59. The highest BCUT2D eigenvalue weighted by molar-refractivity contribution is 5.81. The first-order chi connectivity index (χ1) is 4.10. The molecule has 2 N–H and O–H groups in total. The fraction of sp³-hybridized carbons (Fsp3) is 0.571. The van der Waals surface area contributed by atoms with Crippen LogP contribution in [-0.4, -0.2) is 5.91 Å². The number of hydrogen-bond donors (Lipinski definition) is 1. The molecule has 0 aromatic heterocycles. The average Bonchev–Trinajstić information content (AvgIpc) is 2.44. The Labute approximate surface area is 54.7 Å². The van der Waals surface area contributed by atoms with E-state index in [0.717, 1.165) is 6.42 Å². The second-order valence-electron chi connectivity index (χ2n) is 2.87. The number of carbonyl (C=O) groups excluding carboxylic acids is 1. The standard InChI is InChI=1S/C7H11NO/c1-3-7(2)4-5(7)6(8)9/h3,5H,1,4H2,2H3,(H2,8,9). The van der Waals surface area contributed by atoms with Crippen LogP contribution < -0.4 is 5.73 Å². The van der Waals surface area contributed by atoms with Crippen LogP contribution in [0.1, 0.15) is 13.3 Å². The van der Waals surface area contributed by atoms with Crippen molar-refractivity contribution in [2.24, 2.45) is 17.1 Å². The zero-order chi connectivity index (χ0) is 7.07. The van der Waals surface area contributed by atoms with E-state index in [-0.39, 0.29) is 17.2 Å². The minimum absolute atomic E-state index is 0.0197. The summed E-state index contributed by atoms with van der Waals surface area (Å²) in [5.41, 5.74) is 5.08. The molecule has 0 spiro atoms. The van der Waals surface area contributed by atoms with Gasteiger partial charge < -0.3 is 5.73 Å². The molecule has 0 heterocycles. The summed E-state index contributed by atoms with van der Waals surface area (Å²) in [6, 6.07) is 0. The lowest BCUT2D eigenvalue weighted by atomic mass is 10.1.